The van der Waals surface area contributed by atoms with Gasteiger partial charge in [-0.2, -0.15) is 0 Å². The molecule has 0 saturated carbocycles. The third-order valence-corrected chi connectivity index (χ3v) is 4.83. The molecular formula is C18H30N2O. The van der Waals surface area contributed by atoms with Crippen LogP contribution in [-0.4, -0.2) is 48.3 Å². The molecule has 2 N–H and O–H groups in total. The summed E-state index contributed by atoms with van der Waals surface area (Å²) in [4.78, 5) is 2.52. The van der Waals surface area contributed by atoms with Crippen LogP contribution in [0, 0.1) is 5.92 Å². The van der Waals surface area contributed by atoms with Crippen molar-refractivity contribution in [1.29, 1.82) is 0 Å². The van der Waals surface area contributed by atoms with Crippen molar-refractivity contribution in [3.8, 4) is 0 Å². The molecule has 118 valence electrons. The van der Waals surface area contributed by atoms with E-state index in [2.05, 4.69) is 48.3 Å². The first-order valence-electron chi connectivity index (χ1n) is 8.36. The molecule has 1 aliphatic heterocycles. The fraction of sp³-hybridized carbons (Fsp3) is 0.667. The van der Waals surface area contributed by atoms with Gasteiger partial charge in [0.25, 0.3) is 0 Å². The zero-order valence-electron chi connectivity index (χ0n) is 13.5. The first-order chi connectivity index (χ1) is 10.2. The maximum atomic E-state index is 9.64. The maximum absolute atomic E-state index is 9.64. The van der Waals surface area contributed by atoms with E-state index in [1.54, 1.807) is 0 Å². The number of nitrogens with zero attached hydrogens (tertiary/aromatic N) is 1. The second-order valence-electron chi connectivity index (χ2n) is 6.30. The van der Waals surface area contributed by atoms with Gasteiger partial charge in [-0.05, 0) is 57.3 Å². The lowest BCUT2D eigenvalue weighted by atomic mass is 9.89. The Morgan fingerprint density at radius 2 is 1.90 bits per heavy atom. The molecule has 1 saturated heterocycles. The molecule has 0 spiro atoms. The van der Waals surface area contributed by atoms with Crippen molar-refractivity contribution in [3.63, 3.8) is 0 Å². The van der Waals surface area contributed by atoms with E-state index < -0.39 is 0 Å². The van der Waals surface area contributed by atoms with Gasteiger partial charge in [0.05, 0.1) is 6.61 Å². The number of hydrogen-bond acceptors (Lipinski definition) is 3. The van der Waals surface area contributed by atoms with Crippen LogP contribution >= 0.6 is 0 Å². The normalized spacial score (nSPS) is 20.3. The van der Waals surface area contributed by atoms with Crippen molar-refractivity contribution in [2.75, 3.05) is 26.2 Å². The second-order valence-corrected chi connectivity index (χ2v) is 6.30. The first-order valence-corrected chi connectivity index (χ1v) is 8.36. The summed E-state index contributed by atoms with van der Waals surface area (Å²) in [5.41, 5.74) is 1.29. The lowest BCUT2D eigenvalue weighted by molar-refractivity contribution is 0.153. The minimum Gasteiger partial charge on any atom is -0.395 e. The van der Waals surface area contributed by atoms with Crippen molar-refractivity contribution in [3.05, 3.63) is 35.9 Å². The molecule has 0 aromatic heterocycles. The number of rotatable bonds is 7. The van der Waals surface area contributed by atoms with Crippen molar-refractivity contribution in [2.24, 2.45) is 5.92 Å². The van der Waals surface area contributed by atoms with Gasteiger partial charge in [-0.25, -0.2) is 0 Å². The summed E-state index contributed by atoms with van der Waals surface area (Å²) in [6.45, 7) is 8.32. The van der Waals surface area contributed by atoms with Crippen LogP contribution in [0.3, 0.4) is 0 Å². The molecule has 1 heterocycles. The van der Waals surface area contributed by atoms with Crippen molar-refractivity contribution < 1.29 is 5.11 Å². The molecule has 0 bridgehead atoms. The highest BCUT2D eigenvalue weighted by molar-refractivity contribution is 5.16. The van der Waals surface area contributed by atoms with Gasteiger partial charge in [0.2, 0.25) is 0 Å². The Morgan fingerprint density at radius 1 is 1.24 bits per heavy atom. The molecule has 3 heteroatoms. The summed E-state index contributed by atoms with van der Waals surface area (Å²) in [7, 11) is 0. The molecule has 1 aromatic rings. The maximum Gasteiger partial charge on any atom is 0.0587 e. The summed E-state index contributed by atoms with van der Waals surface area (Å²) in [6, 6.07) is 11.1. The predicted molar refractivity (Wildman–Crippen MR) is 88.5 cm³/mol. The van der Waals surface area contributed by atoms with Crippen LogP contribution in [0.4, 0.5) is 0 Å². The van der Waals surface area contributed by atoms with Crippen LogP contribution in [0.25, 0.3) is 0 Å². The monoisotopic (exact) mass is 290 g/mol. The largest absolute Gasteiger partial charge is 0.395 e. The van der Waals surface area contributed by atoms with Crippen LogP contribution in [0.2, 0.25) is 0 Å². The van der Waals surface area contributed by atoms with Gasteiger partial charge >= 0.3 is 0 Å². The van der Waals surface area contributed by atoms with Crippen molar-refractivity contribution in [2.45, 2.75) is 45.2 Å². The fourth-order valence-corrected chi connectivity index (χ4v) is 3.35. The van der Waals surface area contributed by atoms with E-state index in [1.807, 2.05) is 6.07 Å². The molecule has 0 amide bonds. The standard InChI is InChI=1S/C18H30N2O/c1-3-20-11-9-17(10-12-20)15(2)19-18(14-21)13-16-7-5-4-6-8-16/h4-8,15,17-19,21H,3,9-14H2,1-2H3. The third kappa shape index (κ3) is 5.10. The van der Waals surface area contributed by atoms with E-state index in [9.17, 15) is 5.11 Å². The van der Waals surface area contributed by atoms with E-state index in [4.69, 9.17) is 0 Å². The highest BCUT2D eigenvalue weighted by atomic mass is 16.3. The average Bonchev–Trinajstić information content (AvgIpc) is 2.55. The van der Waals surface area contributed by atoms with E-state index in [0.29, 0.717) is 6.04 Å². The van der Waals surface area contributed by atoms with Gasteiger partial charge in [0, 0.05) is 12.1 Å². The Bertz CT molecular complexity index is 387. The van der Waals surface area contributed by atoms with Gasteiger partial charge in [0.1, 0.15) is 0 Å². The molecule has 21 heavy (non-hydrogen) atoms. The van der Waals surface area contributed by atoms with Crippen LogP contribution in [0.1, 0.15) is 32.3 Å². The summed E-state index contributed by atoms with van der Waals surface area (Å²) in [5, 5.41) is 13.3. The van der Waals surface area contributed by atoms with E-state index in [1.165, 1.54) is 38.0 Å². The van der Waals surface area contributed by atoms with Gasteiger partial charge in [0.15, 0.2) is 0 Å². The number of piperidine rings is 1. The number of hydrogen-bond donors (Lipinski definition) is 2. The van der Waals surface area contributed by atoms with Crippen LogP contribution in [0.5, 0.6) is 0 Å². The zero-order chi connectivity index (χ0) is 15.1. The Balaban J connectivity index is 1.81. The first kappa shape index (κ1) is 16.5. The number of benzene rings is 1. The number of aliphatic hydroxyl groups is 1. The Hall–Kier alpha value is -0.900. The molecule has 2 atom stereocenters. The van der Waals surface area contributed by atoms with Gasteiger partial charge in [-0.3, -0.25) is 0 Å². The second kappa shape index (κ2) is 8.52. The Labute approximate surface area is 129 Å². The smallest absolute Gasteiger partial charge is 0.0587 e. The molecule has 2 rings (SSSR count). The topological polar surface area (TPSA) is 35.5 Å². The van der Waals surface area contributed by atoms with E-state index in [-0.39, 0.29) is 12.6 Å². The Morgan fingerprint density at radius 3 is 2.48 bits per heavy atom. The molecule has 0 radical (unpaired) electrons. The van der Waals surface area contributed by atoms with Gasteiger partial charge in [-0.15, -0.1) is 0 Å². The van der Waals surface area contributed by atoms with Crippen LogP contribution < -0.4 is 5.32 Å². The molecule has 2 unspecified atom stereocenters. The van der Waals surface area contributed by atoms with E-state index in [0.717, 1.165) is 12.3 Å². The van der Waals surface area contributed by atoms with Crippen LogP contribution in [0.15, 0.2) is 30.3 Å². The average molecular weight is 290 g/mol. The fourth-order valence-electron chi connectivity index (χ4n) is 3.35. The van der Waals surface area contributed by atoms with E-state index >= 15 is 0 Å². The molecule has 1 aromatic carbocycles. The quantitative estimate of drug-likeness (QED) is 0.809. The van der Waals surface area contributed by atoms with Crippen molar-refractivity contribution in [1.82, 2.24) is 10.2 Å². The SMILES string of the molecule is CCN1CCC(C(C)NC(CO)Cc2ccccc2)CC1. The minimum absolute atomic E-state index is 0.159. The molecule has 1 aliphatic rings. The Kier molecular flexibility index (Phi) is 6.68. The summed E-state index contributed by atoms with van der Waals surface area (Å²) in [6.07, 6.45) is 3.44. The number of likely N-dealkylation sites (tertiary alicyclic amines) is 1. The lowest BCUT2D eigenvalue weighted by Crippen LogP contribution is -2.47. The highest BCUT2D eigenvalue weighted by Gasteiger charge is 2.24. The third-order valence-electron chi connectivity index (χ3n) is 4.83. The summed E-state index contributed by atoms with van der Waals surface area (Å²) >= 11 is 0. The highest BCUT2D eigenvalue weighted by Crippen LogP contribution is 2.21. The number of nitrogens with one attached hydrogen (secondary N) is 1. The van der Waals surface area contributed by atoms with Crippen molar-refractivity contribution >= 4 is 0 Å². The summed E-state index contributed by atoms with van der Waals surface area (Å²) in [5.74, 6) is 0.734. The summed E-state index contributed by atoms with van der Waals surface area (Å²) < 4.78 is 0. The lowest BCUT2D eigenvalue weighted by Gasteiger charge is -2.36. The molecule has 0 aliphatic carbocycles. The molecule has 3 nitrogen and oxygen atoms in total. The van der Waals surface area contributed by atoms with Gasteiger partial charge in [-0.1, -0.05) is 37.3 Å². The molecule has 1 fully saturated rings. The zero-order valence-corrected chi connectivity index (χ0v) is 13.5. The van der Waals surface area contributed by atoms with Gasteiger partial charge < -0.3 is 15.3 Å². The predicted octanol–water partition coefficient (Wildman–Crippen LogP) is 2.30. The molecular weight excluding hydrogens is 260 g/mol. The number of aliphatic hydroxyl groups excluding tert-OH is 1. The minimum atomic E-state index is 0.159. The van der Waals surface area contributed by atoms with Crippen LogP contribution in [-0.2, 0) is 6.42 Å².